The number of hydrogen-bond acceptors (Lipinski definition) is 7. The quantitative estimate of drug-likeness (QED) is 0.480. The molecule has 1 aliphatic heterocycles. The van der Waals surface area contributed by atoms with Crippen molar-refractivity contribution in [3.63, 3.8) is 0 Å². The molecule has 3 aromatic rings. The number of carbonyl (C=O) groups excluding carboxylic acids is 1. The van der Waals surface area contributed by atoms with Crippen molar-refractivity contribution in [2.75, 3.05) is 26.0 Å². The molecule has 0 amide bonds. The average Bonchev–Trinajstić information content (AvgIpc) is 3.17. The summed E-state index contributed by atoms with van der Waals surface area (Å²) < 4.78 is 25.4. The van der Waals surface area contributed by atoms with Gasteiger partial charge in [0.25, 0.3) is 0 Å². The standard InChI is InChI=1S/C21H20ClFN4O3/c1-27-8-4-7-16(27)21(28)30-18-9-12-15(10-17(18)29-2)24-11-25-20(12)26-14-6-3-5-13(22)19(14)23/h3,5-6,9-11,16H,4,7-8H2,1-2H3,(H,24,25,26)/t16-/m0/s1. The number of methoxy groups -OCH3 is 1. The van der Waals surface area contributed by atoms with Gasteiger partial charge in [-0.3, -0.25) is 4.90 Å². The average molecular weight is 431 g/mol. The van der Waals surface area contributed by atoms with Crippen molar-refractivity contribution in [3.8, 4) is 11.5 Å². The minimum absolute atomic E-state index is 0.00432. The highest BCUT2D eigenvalue weighted by atomic mass is 35.5. The molecule has 9 heteroatoms. The maximum absolute atomic E-state index is 14.3. The summed E-state index contributed by atoms with van der Waals surface area (Å²) in [6.07, 6.45) is 3.04. The fourth-order valence-electron chi connectivity index (χ4n) is 3.52. The van der Waals surface area contributed by atoms with Gasteiger partial charge in [0.15, 0.2) is 17.3 Å². The Morgan fingerprint density at radius 2 is 2.13 bits per heavy atom. The van der Waals surface area contributed by atoms with E-state index in [1.165, 1.54) is 19.5 Å². The summed E-state index contributed by atoms with van der Waals surface area (Å²) in [4.78, 5) is 23.1. The zero-order valence-corrected chi connectivity index (χ0v) is 17.2. The maximum Gasteiger partial charge on any atom is 0.328 e. The number of benzene rings is 2. The molecule has 0 bridgehead atoms. The van der Waals surface area contributed by atoms with E-state index in [1.807, 2.05) is 11.9 Å². The number of aromatic nitrogens is 2. The number of esters is 1. The Kier molecular flexibility index (Phi) is 5.69. The normalized spacial score (nSPS) is 16.6. The highest BCUT2D eigenvalue weighted by molar-refractivity contribution is 6.31. The molecular weight excluding hydrogens is 411 g/mol. The van der Waals surface area contributed by atoms with Crippen molar-refractivity contribution < 1.29 is 18.7 Å². The van der Waals surface area contributed by atoms with E-state index in [1.54, 1.807) is 24.3 Å². The number of halogens is 2. The first-order chi connectivity index (χ1) is 14.5. The Bertz CT molecular complexity index is 1110. The van der Waals surface area contributed by atoms with E-state index in [-0.39, 0.29) is 28.5 Å². The highest BCUT2D eigenvalue weighted by Gasteiger charge is 2.30. The molecule has 1 atom stereocenters. The van der Waals surface area contributed by atoms with Crippen molar-refractivity contribution in [3.05, 3.63) is 47.5 Å². The van der Waals surface area contributed by atoms with Crippen molar-refractivity contribution in [1.29, 1.82) is 0 Å². The smallest absolute Gasteiger partial charge is 0.328 e. The number of rotatable bonds is 5. The maximum atomic E-state index is 14.3. The van der Waals surface area contributed by atoms with Crippen molar-refractivity contribution in [2.45, 2.75) is 18.9 Å². The lowest BCUT2D eigenvalue weighted by atomic mass is 10.2. The van der Waals surface area contributed by atoms with Gasteiger partial charge in [-0.2, -0.15) is 0 Å². The van der Waals surface area contributed by atoms with Crippen molar-refractivity contribution >= 4 is 40.0 Å². The van der Waals surface area contributed by atoms with E-state index in [2.05, 4.69) is 15.3 Å². The number of hydrogen-bond donors (Lipinski definition) is 1. The monoisotopic (exact) mass is 430 g/mol. The van der Waals surface area contributed by atoms with Gasteiger partial charge in [0.1, 0.15) is 18.2 Å². The molecule has 0 unspecified atom stereocenters. The summed E-state index contributed by atoms with van der Waals surface area (Å²) in [5, 5.41) is 3.47. The second-order valence-electron chi connectivity index (χ2n) is 7.03. The van der Waals surface area contributed by atoms with Crippen LogP contribution < -0.4 is 14.8 Å². The first-order valence-electron chi connectivity index (χ1n) is 9.43. The van der Waals surface area contributed by atoms with Crippen LogP contribution in [0.5, 0.6) is 11.5 Å². The van der Waals surface area contributed by atoms with E-state index in [9.17, 15) is 9.18 Å². The van der Waals surface area contributed by atoms with Crippen molar-refractivity contribution in [1.82, 2.24) is 14.9 Å². The zero-order valence-electron chi connectivity index (χ0n) is 16.5. The molecule has 4 rings (SSSR count). The number of anilines is 2. The van der Waals surface area contributed by atoms with Gasteiger partial charge in [0.05, 0.1) is 23.3 Å². The lowest BCUT2D eigenvalue weighted by Gasteiger charge is -2.19. The van der Waals surface area contributed by atoms with Crippen LogP contribution in [0.2, 0.25) is 5.02 Å². The number of ether oxygens (including phenoxy) is 2. The Morgan fingerprint density at radius 3 is 2.87 bits per heavy atom. The SMILES string of the molecule is COc1cc2ncnc(Nc3cccc(Cl)c3F)c2cc1OC(=O)[C@@H]1CCCN1C. The van der Waals surface area contributed by atoms with E-state index < -0.39 is 5.82 Å². The third kappa shape index (κ3) is 3.88. The van der Waals surface area contributed by atoms with Gasteiger partial charge >= 0.3 is 5.97 Å². The first kappa shape index (κ1) is 20.3. The van der Waals surface area contributed by atoms with Gasteiger partial charge in [0, 0.05) is 11.5 Å². The van der Waals surface area contributed by atoms with Crippen LogP contribution in [0.4, 0.5) is 15.9 Å². The van der Waals surface area contributed by atoms with Crippen LogP contribution in [-0.4, -0.2) is 47.6 Å². The number of nitrogens with zero attached hydrogens (tertiary/aromatic N) is 3. The fourth-order valence-corrected chi connectivity index (χ4v) is 3.69. The summed E-state index contributed by atoms with van der Waals surface area (Å²) in [5.74, 6) is 0.0316. The molecule has 0 spiro atoms. The Morgan fingerprint density at radius 1 is 1.30 bits per heavy atom. The fraction of sp³-hybridized carbons (Fsp3) is 0.286. The highest BCUT2D eigenvalue weighted by Crippen LogP contribution is 2.36. The van der Waals surface area contributed by atoms with Gasteiger partial charge in [-0.1, -0.05) is 17.7 Å². The lowest BCUT2D eigenvalue weighted by molar-refractivity contribution is -0.139. The molecule has 0 aliphatic carbocycles. The minimum Gasteiger partial charge on any atom is -0.493 e. The van der Waals surface area contributed by atoms with Gasteiger partial charge in [-0.25, -0.2) is 19.2 Å². The predicted molar refractivity (Wildman–Crippen MR) is 112 cm³/mol. The number of nitrogens with one attached hydrogen (secondary N) is 1. The molecular formula is C21H20ClFN4O3. The second kappa shape index (κ2) is 8.41. The molecule has 1 saturated heterocycles. The van der Waals surface area contributed by atoms with E-state index >= 15 is 0 Å². The minimum atomic E-state index is -0.588. The predicted octanol–water partition coefficient (Wildman–Crippen LogP) is 4.17. The Balaban J connectivity index is 1.72. The van der Waals surface area contributed by atoms with Crippen LogP contribution in [0.3, 0.4) is 0 Å². The molecule has 7 nitrogen and oxygen atoms in total. The number of carbonyl (C=O) groups is 1. The molecule has 156 valence electrons. The molecule has 1 N–H and O–H groups in total. The third-order valence-corrected chi connectivity index (χ3v) is 5.42. The van der Waals surface area contributed by atoms with Gasteiger partial charge < -0.3 is 14.8 Å². The van der Waals surface area contributed by atoms with Crippen molar-refractivity contribution in [2.24, 2.45) is 0 Å². The van der Waals surface area contributed by atoms with Gasteiger partial charge in [0.2, 0.25) is 0 Å². The number of likely N-dealkylation sites (tertiary alicyclic amines) is 1. The van der Waals surface area contributed by atoms with Crippen LogP contribution in [0.25, 0.3) is 10.9 Å². The van der Waals surface area contributed by atoms with Crippen LogP contribution in [0, 0.1) is 5.82 Å². The van der Waals surface area contributed by atoms with Gasteiger partial charge in [-0.05, 0) is 44.6 Å². The molecule has 1 aromatic heterocycles. The first-order valence-corrected chi connectivity index (χ1v) is 9.81. The summed E-state index contributed by atoms with van der Waals surface area (Å²) in [5.41, 5.74) is 0.717. The summed E-state index contributed by atoms with van der Waals surface area (Å²) >= 11 is 5.87. The molecule has 0 radical (unpaired) electrons. The number of fused-ring (bicyclic) bond motifs is 1. The topological polar surface area (TPSA) is 76.6 Å². The number of likely N-dealkylation sites (N-methyl/N-ethyl adjacent to an activating group) is 1. The Hall–Kier alpha value is -2.97. The van der Waals surface area contributed by atoms with Crippen LogP contribution in [0.1, 0.15) is 12.8 Å². The van der Waals surface area contributed by atoms with Gasteiger partial charge in [-0.15, -0.1) is 0 Å². The largest absolute Gasteiger partial charge is 0.493 e. The molecule has 1 aliphatic rings. The summed E-state index contributed by atoms with van der Waals surface area (Å²) in [6.45, 7) is 0.849. The molecule has 30 heavy (non-hydrogen) atoms. The van der Waals surface area contributed by atoms with E-state index in [4.69, 9.17) is 21.1 Å². The molecule has 0 saturated carbocycles. The molecule has 2 heterocycles. The van der Waals surface area contributed by atoms with E-state index in [0.29, 0.717) is 22.5 Å². The lowest BCUT2D eigenvalue weighted by Crippen LogP contribution is -2.35. The van der Waals surface area contributed by atoms with Crippen LogP contribution in [0.15, 0.2) is 36.7 Å². The van der Waals surface area contributed by atoms with E-state index in [0.717, 1.165) is 19.4 Å². The molecule has 2 aromatic carbocycles. The second-order valence-corrected chi connectivity index (χ2v) is 7.44. The summed E-state index contributed by atoms with van der Waals surface area (Å²) in [7, 11) is 3.38. The molecule has 1 fully saturated rings. The third-order valence-electron chi connectivity index (χ3n) is 5.13. The van der Waals surface area contributed by atoms with Crippen LogP contribution in [-0.2, 0) is 4.79 Å². The van der Waals surface area contributed by atoms with Crippen LogP contribution >= 0.6 is 11.6 Å². The zero-order chi connectivity index (χ0) is 21.3. The Labute approximate surface area is 177 Å². The summed E-state index contributed by atoms with van der Waals surface area (Å²) in [6, 6.07) is 7.61.